The van der Waals surface area contributed by atoms with Crippen LogP contribution in [0.4, 0.5) is 16.3 Å². The van der Waals surface area contributed by atoms with E-state index in [1.165, 1.54) is 0 Å². The Bertz CT molecular complexity index is 840. The van der Waals surface area contributed by atoms with Crippen LogP contribution < -0.4 is 9.80 Å². The van der Waals surface area contributed by atoms with Gasteiger partial charge in [0.2, 0.25) is 0 Å². The lowest BCUT2D eigenvalue weighted by molar-refractivity contribution is 0.144. The molecular weight excluding hydrogens is 328 g/mol. The molecule has 1 aliphatic carbocycles. The summed E-state index contributed by atoms with van der Waals surface area (Å²) >= 11 is 0. The lowest BCUT2D eigenvalue weighted by Gasteiger charge is -2.20. The molecule has 0 radical (unpaired) electrons. The second-order valence-electron chi connectivity index (χ2n) is 6.88. The van der Waals surface area contributed by atoms with Crippen molar-refractivity contribution in [2.45, 2.75) is 24.5 Å². The normalized spacial score (nSPS) is 20.4. The molecule has 2 aliphatic rings. The topological polar surface area (TPSA) is 50.0 Å². The number of cyclic esters (lactones) is 1. The predicted molar refractivity (Wildman–Crippen MR) is 99.1 cm³/mol. The Morgan fingerprint density at radius 2 is 2.08 bits per heavy atom. The van der Waals surface area contributed by atoms with Gasteiger partial charge in [-0.25, -0.2) is 16.4 Å². The maximum absolute atomic E-state index is 12.3. The summed E-state index contributed by atoms with van der Waals surface area (Å²) in [4.78, 5) is 24.0. The Kier molecular flexibility index (Phi) is 4.00. The largest absolute Gasteiger partial charge is 0.442 e. The molecule has 1 amide bonds. The number of anilines is 2. The monoisotopic (exact) mass is 348 g/mol. The lowest BCUT2D eigenvalue weighted by atomic mass is 10.1. The van der Waals surface area contributed by atoms with E-state index >= 15 is 0 Å². The molecule has 1 atom stereocenters. The van der Waals surface area contributed by atoms with Gasteiger partial charge in [-0.1, -0.05) is 6.07 Å². The molecule has 26 heavy (non-hydrogen) atoms. The van der Waals surface area contributed by atoms with E-state index < -0.39 is 0 Å². The zero-order chi connectivity index (χ0) is 18.1. The quantitative estimate of drug-likeness (QED) is 0.777. The number of hydrogen-bond acceptors (Lipinski definition) is 4. The fourth-order valence-electron chi connectivity index (χ4n) is 3.34. The molecule has 0 N–H and O–H groups in total. The summed E-state index contributed by atoms with van der Waals surface area (Å²) in [5.41, 5.74) is 1.52. The van der Waals surface area contributed by atoms with E-state index in [0.29, 0.717) is 13.1 Å². The molecule has 132 valence electrons. The molecule has 1 unspecified atom stereocenters. The fraction of sp³-hybridized carbons (Fsp3) is 0.350. The van der Waals surface area contributed by atoms with Gasteiger partial charge < -0.3 is 14.5 Å². The van der Waals surface area contributed by atoms with Crippen molar-refractivity contribution in [1.82, 2.24) is 4.98 Å². The number of nitrogens with zero attached hydrogens (tertiary/aromatic N) is 4. The van der Waals surface area contributed by atoms with Crippen molar-refractivity contribution in [3.63, 3.8) is 0 Å². The highest BCUT2D eigenvalue weighted by molar-refractivity contribution is 5.89. The first kappa shape index (κ1) is 16.4. The van der Waals surface area contributed by atoms with Crippen LogP contribution in [0.5, 0.6) is 0 Å². The van der Waals surface area contributed by atoms with Crippen molar-refractivity contribution >= 4 is 17.6 Å². The lowest BCUT2D eigenvalue weighted by Crippen LogP contribution is -2.32. The molecule has 1 aromatic heterocycles. The van der Waals surface area contributed by atoms with Crippen LogP contribution in [0.25, 0.3) is 4.85 Å². The highest BCUT2D eigenvalue weighted by atomic mass is 16.6. The van der Waals surface area contributed by atoms with Gasteiger partial charge in [0.1, 0.15) is 11.9 Å². The van der Waals surface area contributed by atoms with Crippen LogP contribution in [0.1, 0.15) is 18.4 Å². The first-order valence-corrected chi connectivity index (χ1v) is 8.71. The molecule has 4 rings (SSSR count). The second-order valence-corrected chi connectivity index (χ2v) is 6.88. The Labute approximate surface area is 152 Å². The van der Waals surface area contributed by atoms with E-state index in [4.69, 9.17) is 11.3 Å². The zero-order valence-electron chi connectivity index (χ0n) is 14.6. The van der Waals surface area contributed by atoms with Crippen LogP contribution >= 0.6 is 0 Å². The molecule has 0 bridgehead atoms. The molecule has 2 fully saturated rings. The summed E-state index contributed by atoms with van der Waals surface area (Å²) < 4.78 is 5.52. The number of amides is 1. The Morgan fingerprint density at radius 3 is 2.69 bits per heavy atom. The minimum Gasteiger partial charge on any atom is -0.442 e. The standard InChI is InChI=1S/C20H20N4O2/c1-21-20(10-11-20)15-6-8-16(9-7-15)24-14-17(26-19(24)25)13-23(2)18-5-3-4-12-22-18/h3-9,12,17H,10-11,13-14H2,2H3. The third-order valence-corrected chi connectivity index (χ3v) is 5.05. The van der Waals surface area contributed by atoms with Crippen LogP contribution in [0.15, 0.2) is 48.7 Å². The van der Waals surface area contributed by atoms with Crippen molar-refractivity contribution in [3.05, 3.63) is 65.6 Å². The van der Waals surface area contributed by atoms with Crippen LogP contribution in [0.2, 0.25) is 0 Å². The Balaban J connectivity index is 1.42. The third kappa shape index (κ3) is 2.97. The van der Waals surface area contributed by atoms with Gasteiger partial charge in [-0.3, -0.25) is 4.90 Å². The highest BCUT2D eigenvalue weighted by Gasteiger charge is 2.52. The van der Waals surface area contributed by atoms with Crippen molar-refractivity contribution in [1.29, 1.82) is 0 Å². The van der Waals surface area contributed by atoms with Crippen molar-refractivity contribution in [3.8, 4) is 0 Å². The van der Waals surface area contributed by atoms with Gasteiger partial charge in [-0.05, 0) is 36.4 Å². The van der Waals surface area contributed by atoms with Gasteiger partial charge in [0, 0.05) is 37.3 Å². The smallest absolute Gasteiger partial charge is 0.414 e. The molecular formula is C20H20N4O2. The van der Waals surface area contributed by atoms with Crippen molar-refractivity contribution < 1.29 is 9.53 Å². The number of pyridine rings is 1. The SMILES string of the molecule is [C-]#[N+]C1(c2ccc(N3CC(CN(C)c4ccccn4)OC3=O)cc2)CC1. The van der Waals surface area contributed by atoms with Gasteiger partial charge in [0.25, 0.3) is 5.54 Å². The molecule has 1 aliphatic heterocycles. The van der Waals surface area contributed by atoms with Gasteiger partial charge in [-0.15, -0.1) is 0 Å². The van der Waals surface area contributed by atoms with E-state index in [1.807, 2.05) is 54.4 Å². The van der Waals surface area contributed by atoms with E-state index in [0.717, 1.165) is 29.9 Å². The van der Waals surface area contributed by atoms with E-state index in [1.54, 1.807) is 11.1 Å². The molecule has 6 nitrogen and oxygen atoms in total. The molecule has 2 heterocycles. The van der Waals surface area contributed by atoms with Gasteiger partial charge in [-0.2, -0.15) is 0 Å². The summed E-state index contributed by atoms with van der Waals surface area (Å²) in [5.74, 6) is 0.847. The molecule has 6 heteroatoms. The number of ether oxygens (including phenoxy) is 1. The second kappa shape index (κ2) is 6.34. The molecule has 0 spiro atoms. The van der Waals surface area contributed by atoms with Crippen LogP contribution in [0, 0.1) is 6.57 Å². The highest BCUT2D eigenvalue weighted by Crippen LogP contribution is 2.49. The number of benzene rings is 1. The number of carbonyl (C=O) groups is 1. The fourth-order valence-corrected chi connectivity index (χ4v) is 3.34. The van der Waals surface area contributed by atoms with E-state index in [2.05, 4.69) is 9.83 Å². The van der Waals surface area contributed by atoms with Crippen LogP contribution in [-0.2, 0) is 10.3 Å². The van der Waals surface area contributed by atoms with E-state index in [-0.39, 0.29) is 17.7 Å². The van der Waals surface area contributed by atoms with Crippen LogP contribution in [0.3, 0.4) is 0 Å². The minimum absolute atomic E-state index is 0.216. The van der Waals surface area contributed by atoms with Crippen LogP contribution in [-0.4, -0.2) is 37.3 Å². The first-order chi connectivity index (χ1) is 12.6. The number of likely N-dealkylation sites (N-methyl/N-ethyl adjacent to an activating group) is 1. The summed E-state index contributed by atoms with van der Waals surface area (Å²) in [5, 5.41) is 0. The van der Waals surface area contributed by atoms with Gasteiger partial charge >= 0.3 is 6.09 Å². The average molecular weight is 348 g/mol. The number of carbonyl (C=O) groups excluding carboxylic acids is 1. The van der Waals surface area contributed by atoms with Crippen molar-refractivity contribution in [2.75, 3.05) is 29.9 Å². The molecule has 1 aromatic carbocycles. The summed E-state index contributed by atoms with van der Waals surface area (Å²) in [6.45, 7) is 8.44. The van der Waals surface area contributed by atoms with E-state index in [9.17, 15) is 4.79 Å². The maximum Gasteiger partial charge on any atom is 0.414 e. The maximum atomic E-state index is 12.3. The first-order valence-electron chi connectivity index (χ1n) is 8.71. The number of aromatic nitrogens is 1. The zero-order valence-corrected chi connectivity index (χ0v) is 14.6. The summed E-state index contributed by atoms with van der Waals surface area (Å²) in [6, 6.07) is 13.5. The number of hydrogen-bond donors (Lipinski definition) is 0. The molecule has 2 aromatic rings. The molecule has 1 saturated heterocycles. The Hall–Kier alpha value is -3.07. The summed E-state index contributed by atoms with van der Waals surface area (Å²) in [6.07, 6.45) is 3.04. The minimum atomic E-state index is -0.330. The van der Waals surface area contributed by atoms with Gasteiger partial charge in [0.15, 0.2) is 0 Å². The van der Waals surface area contributed by atoms with Crippen molar-refractivity contribution in [2.24, 2.45) is 0 Å². The average Bonchev–Trinajstić information content (AvgIpc) is 3.40. The Morgan fingerprint density at radius 1 is 1.31 bits per heavy atom. The van der Waals surface area contributed by atoms with Gasteiger partial charge in [0.05, 0.1) is 13.1 Å². The molecule has 1 saturated carbocycles. The third-order valence-electron chi connectivity index (χ3n) is 5.05. The number of rotatable bonds is 5. The summed E-state index contributed by atoms with van der Waals surface area (Å²) in [7, 11) is 1.94. The predicted octanol–water partition coefficient (Wildman–Crippen LogP) is 3.45.